The fourth-order valence-electron chi connectivity index (χ4n) is 1.85. The largest absolute Gasteiger partial charge is 0.417 e. The van der Waals surface area contributed by atoms with Gasteiger partial charge in [-0.1, -0.05) is 5.16 Å². The van der Waals surface area contributed by atoms with Crippen LogP contribution in [0.3, 0.4) is 0 Å². The Morgan fingerprint density at radius 1 is 1.42 bits per heavy atom. The normalized spacial score (nSPS) is 11.0. The molecule has 3 rings (SSSR count). The number of benzene rings is 1. The van der Waals surface area contributed by atoms with Crippen LogP contribution >= 0.6 is 0 Å². The highest BCUT2D eigenvalue weighted by atomic mass is 16.5. The lowest BCUT2D eigenvalue weighted by Crippen LogP contribution is -2.01. The summed E-state index contributed by atoms with van der Waals surface area (Å²) in [6, 6.07) is 5.15. The summed E-state index contributed by atoms with van der Waals surface area (Å²) in [5.74, 6) is 0.204. The summed E-state index contributed by atoms with van der Waals surface area (Å²) < 4.78 is 10.0. The van der Waals surface area contributed by atoms with Crippen LogP contribution < -0.4 is 16.8 Å². The molecule has 0 saturated carbocycles. The molecule has 2 heterocycles. The minimum absolute atomic E-state index is 0.434. The maximum atomic E-state index is 11.1. The van der Waals surface area contributed by atoms with Crippen molar-refractivity contribution in [3.63, 3.8) is 0 Å². The fourth-order valence-corrected chi connectivity index (χ4v) is 1.85. The van der Waals surface area contributed by atoms with Gasteiger partial charge in [0.15, 0.2) is 11.3 Å². The topological polar surface area (TPSA) is 110 Å². The van der Waals surface area contributed by atoms with E-state index in [1.807, 2.05) is 13.0 Å². The molecule has 0 amide bonds. The van der Waals surface area contributed by atoms with E-state index in [0.717, 1.165) is 5.69 Å². The van der Waals surface area contributed by atoms with E-state index in [9.17, 15) is 4.79 Å². The maximum Gasteiger partial charge on any atom is 0.417 e. The molecule has 0 aliphatic heterocycles. The van der Waals surface area contributed by atoms with Gasteiger partial charge in [-0.15, -0.1) is 0 Å². The molecule has 0 atom stereocenters. The average Bonchev–Trinajstić information content (AvgIpc) is 2.91. The molecule has 7 nitrogen and oxygen atoms in total. The first-order chi connectivity index (χ1) is 9.11. The standard InChI is InChI=1S/C12H12N4O3/c1-6-2-7(19-16-6)5-14-9-4-10-11(3-8(9)13)18-12(17)15-10/h2-4,14H,5,13H2,1H3,(H,15,17). The van der Waals surface area contributed by atoms with E-state index in [2.05, 4.69) is 15.5 Å². The predicted octanol–water partition coefficient (Wildman–Crippen LogP) is 1.61. The summed E-state index contributed by atoms with van der Waals surface area (Å²) in [4.78, 5) is 13.7. The highest BCUT2D eigenvalue weighted by molar-refractivity contribution is 5.85. The van der Waals surface area contributed by atoms with Crippen molar-refractivity contribution in [2.45, 2.75) is 13.5 Å². The van der Waals surface area contributed by atoms with E-state index >= 15 is 0 Å². The maximum absolute atomic E-state index is 11.1. The van der Waals surface area contributed by atoms with E-state index in [0.29, 0.717) is 34.8 Å². The number of nitrogen functional groups attached to an aromatic ring is 1. The van der Waals surface area contributed by atoms with Crippen molar-refractivity contribution in [1.29, 1.82) is 0 Å². The zero-order chi connectivity index (χ0) is 13.4. The van der Waals surface area contributed by atoms with Crippen LogP contribution in [0.1, 0.15) is 11.5 Å². The number of aromatic nitrogens is 2. The lowest BCUT2D eigenvalue weighted by molar-refractivity contribution is 0.384. The van der Waals surface area contributed by atoms with Crippen LogP contribution in [-0.2, 0) is 6.54 Å². The van der Waals surface area contributed by atoms with Crippen molar-refractivity contribution in [2.75, 3.05) is 11.1 Å². The first-order valence-corrected chi connectivity index (χ1v) is 5.70. The summed E-state index contributed by atoms with van der Waals surface area (Å²) in [6.45, 7) is 2.31. The number of hydrogen-bond acceptors (Lipinski definition) is 6. The lowest BCUT2D eigenvalue weighted by Gasteiger charge is -2.07. The molecule has 0 spiro atoms. The van der Waals surface area contributed by atoms with Gasteiger partial charge in [0.1, 0.15) is 0 Å². The van der Waals surface area contributed by atoms with Crippen LogP contribution in [0.25, 0.3) is 11.1 Å². The van der Waals surface area contributed by atoms with Gasteiger partial charge in [-0.05, 0) is 13.0 Å². The number of oxazole rings is 1. The summed E-state index contributed by atoms with van der Waals surface area (Å²) in [7, 11) is 0. The third-order valence-electron chi connectivity index (χ3n) is 2.72. The van der Waals surface area contributed by atoms with Crippen LogP contribution in [0.2, 0.25) is 0 Å². The minimum atomic E-state index is -0.502. The molecule has 0 unspecified atom stereocenters. The quantitative estimate of drug-likeness (QED) is 0.617. The van der Waals surface area contributed by atoms with Crippen molar-refractivity contribution in [2.24, 2.45) is 0 Å². The average molecular weight is 260 g/mol. The second kappa shape index (κ2) is 4.20. The fraction of sp³-hybridized carbons (Fsp3) is 0.167. The number of nitrogens with two attached hydrogens (primary N) is 1. The Bertz CT molecular complexity index is 784. The van der Waals surface area contributed by atoms with Crippen LogP contribution in [-0.4, -0.2) is 10.1 Å². The van der Waals surface area contributed by atoms with E-state index in [4.69, 9.17) is 14.7 Å². The molecule has 19 heavy (non-hydrogen) atoms. The van der Waals surface area contributed by atoms with Gasteiger partial charge in [-0.25, -0.2) is 4.79 Å². The smallest absolute Gasteiger partial charge is 0.408 e. The molecule has 0 fully saturated rings. The molecule has 3 aromatic rings. The second-order valence-corrected chi connectivity index (χ2v) is 4.24. The van der Waals surface area contributed by atoms with Crippen LogP contribution in [0.5, 0.6) is 0 Å². The lowest BCUT2D eigenvalue weighted by atomic mass is 10.2. The number of anilines is 2. The Kier molecular flexibility index (Phi) is 2.52. The second-order valence-electron chi connectivity index (χ2n) is 4.24. The SMILES string of the molecule is Cc1cc(CNc2cc3[nH]c(=O)oc3cc2N)on1. The van der Waals surface area contributed by atoms with Gasteiger partial charge in [-0.3, -0.25) is 4.98 Å². The number of fused-ring (bicyclic) bond motifs is 1. The van der Waals surface area contributed by atoms with Crippen molar-refractivity contribution < 1.29 is 8.94 Å². The number of aryl methyl sites for hydroxylation is 1. The molecule has 7 heteroatoms. The van der Waals surface area contributed by atoms with Crippen LogP contribution in [0.15, 0.2) is 31.9 Å². The third-order valence-corrected chi connectivity index (χ3v) is 2.72. The van der Waals surface area contributed by atoms with E-state index in [-0.39, 0.29) is 0 Å². The van der Waals surface area contributed by atoms with Gasteiger partial charge < -0.3 is 20.0 Å². The Morgan fingerprint density at radius 3 is 3.00 bits per heavy atom. The number of H-pyrrole nitrogens is 1. The molecule has 4 N–H and O–H groups in total. The molecule has 0 radical (unpaired) electrons. The monoisotopic (exact) mass is 260 g/mol. The Labute approximate surface area is 107 Å². The van der Waals surface area contributed by atoms with Crippen LogP contribution in [0.4, 0.5) is 11.4 Å². The molecular weight excluding hydrogens is 248 g/mol. The highest BCUT2D eigenvalue weighted by Gasteiger charge is 2.07. The van der Waals surface area contributed by atoms with Crippen molar-refractivity contribution in [3.05, 3.63) is 40.2 Å². The third kappa shape index (κ3) is 2.17. The Morgan fingerprint density at radius 2 is 2.26 bits per heavy atom. The molecule has 98 valence electrons. The molecule has 1 aromatic carbocycles. The minimum Gasteiger partial charge on any atom is -0.408 e. The molecule has 2 aromatic heterocycles. The van der Waals surface area contributed by atoms with Gasteiger partial charge in [0.25, 0.3) is 0 Å². The van der Waals surface area contributed by atoms with Crippen molar-refractivity contribution >= 4 is 22.5 Å². The summed E-state index contributed by atoms with van der Waals surface area (Å²) >= 11 is 0. The van der Waals surface area contributed by atoms with Gasteiger partial charge in [0.2, 0.25) is 0 Å². The Hall–Kier alpha value is -2.70. The summed E-state index contributed by atoms with van der Waals surface area (Å²) in [6.07, 6.45) is 0. The Balaban J connectivity index is 1.87. The summed E-state index contributed by atoms with van der Waals surface area (Å²) in [5, 5.41) is 6.92. The van der Waals surface area contributed by atoms with E-state index in [1.165, 1.54) is 0 Å². The van der Waals surface area contributed by atoms with E-state index < -0.39 is 5.76 Å². The number of nitrogens with zero attached hydrogens (tertiary/aromatic N) is 1. The van der Waals surface area contributed by atoms with Crippen molar-refractivity contribution in [3.8, 4) is 0 Å². The zero-order valence-electron chi connectivity index (χ0n) is 10.2. The molecule has 0 aliphatic carbocycles. The van der Waals surface area contributed by atoms with Gasteiger partial charge in [0, 0.05) is 12.1 Å². The molecular formula is C12H12N4O3. The molecule has 0 aliphatic rings. The van der Waals surface area contributed by atoms with Gasteiger partial charge >= 0.3 is 5.76 Å². The summed E-state index contributed by atoms with van der Waals surface area (Å²) in [5.41, 5.74) is 8.91. The van der Waals surface area contributed by atoms with E-state index in [1.54, 1.807) is 12.1 Å². The van der Waals surface area contributed by atoms with Crippen LogP contribution in [0, 0.1) is 6.92 Å². The number of nitrogens with one attached hydrogen (secondary N) is 2. The number of hydrogen-bond donors (Lipinski definition) is 3. The number of rotatable bonds is 3. The molecule has 0 bridgehead atoms. The predicted molar refractivity (Wildman–Crippen MR) is 69.8 cm³/mol. The van der Waals surface area contributed by atoms with Crippen molar-refractivity contribution in [1.82, 2.24) is 10.1 Å². The highest BCUT2D eigenvalue weighted by Crippen LogP contribution is 2.24. The van der Waals surface area contributed by atoms with Gasteiger partial charge in [-0.2, -0.15) is 0 Å². The number of aromatic amines is 1. The first-order valence-electron chi connectivity index (χ1n) is 5.70. The molecule has 0 saturated heterocycles. The zero-order valence-corrected chi connectivity index (χ0v) is 10.2. The van der Waals surface area contributed by atoms with Gasteiger partial charge in [0.05, 0.1) is 29.1 Å². The first kappa shape index (κ1) is 11.4.